The predicted octanol–water partition coefficient (Wildman–Crippen LogP) is 4.09. The van der Waals surface area contributed by atoms with E-state index in [1.807, 2.05) is 23.1 Å². The minimum atomic E-state index is -4.15. The number of amides is 2. The van der Waals surface area contributed by atoms with E-state index in [0.717, 1.165) is 24.0 Å². The second-order valence-corrected chi connectivity index (χ2v) is 12.4. The molecule has 4 aromatic rings. The number of rotatable bonds is 10. The number of fused-ring (bicyclic) bond motifs is 2. The lowest BCUT2D eigenvalue weighted by atomic mass is 10.2. The average Bonchev–Trinajstić information content (AvgIpc) is 3.65. The molecule has 2 amide bonds. The largest absolute Gasteiger partial charge is 0.364 e. The maximum atomic E-state index is 13.6. The number of carbonyl (C=O) groups excluding carboxylic acids is 2. The van der Waals surface area contributed by atoms with Crippen LogP contribution in [0.5, 0.6) is 5.75 Å². The summed E-state index contributed by atoms with van der Waals surface area (Å²) in [6.07, 6.45) is 0.941. The Morgan fingerprint density at radius 1 is 0.791 bits per heavy atom. The zero-order valence-corrected chi connectivity index (χ0v) is 24.3. The van der Waals surface area contributed by atoms with E-state index in [9.17, 15) is 18.0 Å². The molecule has 1 N–H and O–H groups in total. The first-order valence-electron chi connectivity index (χ1n) is 14.2. The van der Waals surface area contributed by atoms with Crippen LogP contribution in [0.4, 0.5) is 5.69 Å². The highest BCUT2D eigenvalue weighted by Gasteiger charge is 2.44. The van der Waals surface area contributed by atoms with Crippen molar-refractivity contribution in [3.8, 4) is 5.75 Å². The van der Waals surface area contributed by atoms with E-state index in [4.69, 9.17) is 4.84 Å². The third-order valence-corrected chi connectivity index (χ3v) is 9.42. The van der Waals surface area contributed by atoms with Crippen molar-refractivity contribution >= 4 is 27.5 Å². The first-order chi connectivity index (χ1) is 20.9. The van der Waals surface area contributed by atoms with E-state index >= 15 is 0 Å². The molecule has 2 aliphatic heterocycles. The lowest BCUT2D eigenvalue weighted by Crippen LogP contribution is -2.51. The zero-order chi connectivity index (χ0) is 29.8. The maximum absolute atomic E-state index is 13.6. The molecule has 0 saturated carbocycles. The number of hydrogen-bond acceptors (Lipinski definition) is 6. The number of carbonyl (C=O) groups is 2. The van der Waals surface area contributed by atoms with Gasteiger partial charge in [0, 0.05) is 37.3 Å². The quantitative estimate of drug-likeness (QED) is 0.277. The second kappa shape index (κ2) is 12.3. The fraction of sp³-hybridized carbons (Fsp3) is 0.212. The van der Waals surface area contributed by atoms with Crippen molar-refractivity contribution in [2.24, 2.45) is 0 Å². The Morgan fingerprint density at radius 2 is 1.42 bits per heavy atom. The van der Waals surface area contributed by atoms with Crippen molar-refractivity contribution in [3.63, 3.8) is 0 Å². The van der Waals surface area contributed by atoms with Gasteiger partial charge < -0.3 is 15.1 Å². The normalized spacial score (nSPS) is 17.9. The Hall–Kier alpha value is -4.67. The van der Waals surface area contributed by atoms with Crippen LogP contribution in [0.25, 0.3) is 0 Å². The smallest absolute Gasteiger partial charge is 0.295 e. The van der Waals surface area contributed by atoms with Crippen molar-refractivity contribution < 1.29 is 22.8 Å². The lowest BCUT2D eigenvalue weighted by Gasteiger charge is -2.34. The molecule has 0 radical (unpaired) electrons. The summed E-state index contributed by atoms with van der Waals surface area (Å²) in [5.74, 6) is -0.213. The summed E-state index contributed by atoms with van der Waals surface area (Å²) in [5.41, 5.74) is 1.83. The summed E-state index contributed by atoms with van der Waals surface area (Å²) >= 11 is 0. The molecule has 43 heavy (non-hydrogen) atoms. The molecule has 0 aliphatic carbocycles. The first kappa shape index (κ1) is 28.4. The lowest BCUT2D eigenvalue weighted by molar-refractivity contribution is -0.132. The number of para-hydroxylation sites is 2. The van der Waals surface area contributed by atoms with E-state index in [-0.39, 0.29) is 29.0 Å². The number of likely N-dealkylation sites (tertiary alicyclic amines) is 2. The molecule has 10 heteroatoms. The molecule has 2 saturated heterocycles. The van der Waals surface area contributed by atoms with E-state index in [0.29, 0.717) is 24.0 Å². The van der Waals surface area contributed by atoms with Gasteiger partial charge in [0.25, 0.3) is 15.9 Å². The number of nitrogens with zero attached hydrogens (tertiary/aromatic N) is 3. The predicted molar refractivity (Wildman–Crippen MR) is 163 cm³/mol. The maximum Gasteiger partial charge on any atom is 0.295 e. The summed E-state index contributed by atoms with van der Waals surface area (Å²) < 4.78 is 28.1. The highest BCUT2D eigenvalue weighted by Crippen LogP contribution is 2.32. The summed E-state index contributed by atoms with van der Waals surface area (Å²) in [7, 11) is -4.15. The zero-order valence-electron chi connectivity index (χ0n) is 23.5. The van der Waals surface area contributed by atoms with Crippen LogP contribution in [-0.4, -0.2) is 61.7 Å². The third-order valence-electron chi connectivity index (χ3n) is 7.83. The Morgan fingerprint density at radius 3 is 2.05 bits per heavy atom. The molecule has 6 rings (SSSR count). The molecule has 1 unspecified atom stereocenters. The highest BCUT2D eigenvalue weighted by atomic mass is 32.2. The summed E-state index contributed by atoms with van der Waals surface area (Å²) in [6, 6.07) is 33.5. The van der Waals surface area contributed by atoms with Crippen molar-refractivity contribution in [2.45, 2.75) is 29.9 Å². The molecule has 0 spiro atoms. The van der Waals surface area contributed by atoms with Gasteiger partial charge in [-0.3, -0.25) is 14.5 Å². The van der Waals surface area contributed by atoms with Crippen molar-refractivity contribution in [2.75, 3.05) is 24.1 Å². The first-order valence-corrected chi connectivity index (χ1v) is 15.6. The molecular weight excluding hydrogens is 564 g/mol. The Labute approximate surface area is 251 Å². The van der Waals surface area contributed by atoms with E-state index in [2.05, 4.69) is 22.3 Å². The number of benzene rings is 4. The van der Waals surface area contributed by atoms with Crippen LogP contribution in [0.1, 0.15) is 22.3 Å². The minimum absolute atomic E-state index is 0.0481. The highest BCUT2D eigenvalue weighted by molar-refractivity contribution is 7.92. The molecule has 220 valence electrons. The molecular formula is C33H32N4O5S. The molecule has 2 atom stereocenters. The van der Waals surface area contributed by atoms with E-state index in [1.54, 1.807) is 60.7 Å². The Bertz CT molecular complexity index is 1670. The monoisotopic (exact) mass is 596 g/mol. The van der Waals surface area contributed by atoms with Gasteiger partial charge in [0.1, 0.15) is 0 Å². The van der Waals surface area contributed by atoms with Crippen LogP contribution < -0.4 is 14.6 Å². The van der Waals surface area contributed by atoms with Gasteiger partial charge in [0.05, 0.1) is 17.1 Å². The van der Waals surface area contributed by atoms with E-state index in [1.165, 1.54) is 29.8 Å². The topological polar surface area (TPSA) is 99.3 Å². The number of nitrogens with one attached hydrogen (secondary N) is 1. The molecule has 4 aromatic carbocycles. The van der Waals surface area contributed by atoms with Gasteiger partial charge in [0.2, 0.25) is 5.91 Å². The molecule has 0 aromatic heterocycles. The van der Waals surface area contributed by atoms with Crippen molar-refractivity contribution in [3.05, 3.63) is 126 Å². The van der Waals surface area contributed by atoms with Crippen LogP contribution >= 0.6 is 0 Å². The van der Waals surface area contributed by atoms with E-state index < -0.39 is 15.9 Å². The van der Waals surface area contributed by atoms with Gasteiger partial charge in [-0.15, -0.1) is 0 Å². The number of sulfonamides is 1. The van der Waals surface area contributed by atoms with Crippen molar-refractivity contribution in [1.29, 1.82) is 0 Å². The summed E-state index contributed by atoms with van der Waals surface area (Å²) in [6.45, 7) is 2.23. The molecule has 9 nitrogen and oxygen atoms in total. The molecule has 2 bridgehead atoms. The average molecular weight is 597 g/mol. The van der Waals surface area contributed by atoms with Gasteiger partial charge in [-0.05, 0) is 60.5 Å². The van der Waals surface area contributed by atoms with Gasteiger partial charge in [-0.2, -0.15) is 8.42 Å². The van der Waals surface area contributed by atoms with Gasteiger partial charge in [0.15, 0.2) is 5.75 Å². The van der Waals surface area contributed by atoms with Crippen LogP contribution in [0, 0.1) is 0 Å². The Kier molecular flexibility index (Phi) is 8.13. The SMILES string of the molecule is O=C(NCC(=O)N1CC2C[C@H]1CN2Cc1ccccc1)c1ccc(S(=O)(=O)N(Oc2ccccc2)c2ccccc2)cc1. The molecule has 2 fully saturated rings. The van der Waals surface area contributed by atoms with Crippen molar-refractivity contribution in [1.82, 2.24) is 15.1 Å². The van der Waals surface area contributed by atoms with Crippen LogP contribution in [0.3, 0.4) is 0 Å². The second-order valence-electron chi connectivity index (χ2n) is 10.7. The molecule has 2 heterocycles. The standard InChI is InChI=1S/C33H32N4O5S/c38-32(36-24-28-20-29(36)23-35(28)22-25-10-4-1-5-11-25)21-34-33(39)26-16-18-31(19-17-26)43(40,41)37(27-12-6-2-7-13-27)42-30-14-8-3-9-15-30/h1-19,28-29H,20-24H2,(H,34,39)/t28?,29-/m0/s1. The van der Waals surface area contributed by atoms with Gasteiger partial charge in [-0.1, -0.05) is 71.2 Å². The van der Waals surface area contributed by atoms with Gasteiger partial charge >= 0.3 is 0 Å². The molecule has 2 aliphatic rings. The summed E-state index contributed by atoms with van der Waals surface area (Å²) in [5, 5.41) is 2.70. The van der Waals surface area contributed by atoms with Gasteiger partial charge in [-0.25, -0.2) is 0 Å². The number of hydrogen-bond donors (Lipinski definition) is 1. The third kappa shape index (κ3) is 6.25. The van der Waals surface area contributed by atoms with Crippen LogP contribution in [0.15, 0.2) is 120 Å². The van der Waals surface area contributed by atoms with Crippen LogP contribution in [-0.2, 0) is 21.4 Å². The fourth-order valence-electron chi connectivity index (χ4n) is 5.67. The number of anilines is 1. The number of piperazine rings is 1. The van der Waals surface area contributed by atoms with Crippen LogP contribution in [0.2, 0.25) is 0 Å². The fourth-order valence-corrected chi connectivity index (χ4v) is 6.92. The summed E-state index contributed by atoms with van der Waals surface area (Å²) in [4.78, 5) is 35.9. The Balaban J connectivity index is 1.07. The minimum Gasteiger partial charge on any atom is -0.364 e.